The van der Waals surface area contributed by atoms with E-state index in [0.29, 0.717) is 0 Å². The molecule has 1 saturated carbocycles. The van der Waals surface area contributed by atoms with E-state index in [-0.39, 0.29) is 0 Å². The van der Waals surface area contributed by atoms with Crippen LogP contribution in [-0.2, 0) is 6.54 Å². The van der Waals surface area contributed by atoms with E-state index in [1.165, 1.54) is 47.0 Å². The average molecular weight is 314 g/mol. The number of halogens is 1. The zero-order chi connectivity index (χ0) is 12.1. The highest BCUT2D eigenvalue weighted by atomic mass is 79.9. The topological polar surface area (TPSA) is 12.0 Å². The molecule has 0 aromatic heterocycles. The maximum absolute atomic E-state index is 3.66. The maximum Gasteiger partial charge on any atom is 0.0231 e. The van der Waals surface area contributed by atoms with Gasteiger partial charge in [-0.1, -0.05) is 41.3 Å². The molecule has 1 aromatic carbocycles. The third-order valence-corrected chi connectivity index (χ3v) is 5.32. The Balaban J connectivity index is 1.98. The van der Waals surface area contributed by atoms with E-state index in [2.05, 4.69) is 51.2 Å². The van der Waals surface area contributed by atoms with Gasteiger partial charge in [0.05, 0.1) is 0 Å². The monoisotopic (exact) mass is 313 g/mol. The number of thioether (sulfide) groups is 1. The average Bonchev–Trinajstić information content (AvgIpc) is 2.34. The minimum absolute atomic E-state index is 0.839. The highest BCUT2D eigenvalue weighted by Crippen LogP contribution is 2.35. The Bertz CT molecular complexity index is 361. The second-order valence-corrected chi connectivity index (χ2v) is 6.89. The minimum Gasteiger partial charge on any atom is -0.316 e. The number of hydrogen-bond acceptors (Lipinski definition) is 2. The number of rotatable bonds is 4. The summed E-state index contributed by atoms with van der Waals surface area (Å²) < 4.78 is 1.23. The molecule has 0 bridgehead atoms. The van der Waals surface area contributed by atoms with Crippen molar-refractivity contribution >= 4 is 27.7 Å². The van der Waals surface area contributed by atoms with Crippen LogP contribution in [0.5, 0.6) is 0 Å². The second kappa shape index (κ2) is 6.81. The van der Waals surface area contributed by atoms with E-state index < -0.39 is 0 Å². The van der Waals surface area contributed by atoms with Gasteiger partial charge >= 0.3 is 0 Å². The standard InChI is InChI=1S/C14H20BrNS/c1-16-10-11-7-8-13(9-14(11)15)17-12-5-3-2-4-6-12/h7-9,12,16H,2-6,10H2,1H3. The molecular weight excluding hydrogens is 294 g/mol. The van der Waals surface area contributed by atoms with Crippen LogP contribution in [0.3, 0.4) is 0 Å². The normalized spacial score (nSPS) is 17.3. The van der Waals surface area contributed by atoms with E-state index in [0.717, 1.165) is 11.8 Å². The Labute approximate surface area is 117 Å². The molecule has 1 nitrogen and oxygen atoms in total. The lowest BCUT2D eigenvalue weighted by atomic mass is 10.0. The van der Waals surface area contributed by atoms with Gasteiger partial charge in [-0.25, -0.2) is 0 Å². The summed E-state index contributed by atoms with van der Waals surface area (Å²) in [6, 6.07) is 6.76. The molecule has 1 aliphatic rings. The van der Waals surface area contributed by atoms with Gasteiger partial charge in [-0.3, -0.25) is 0 Å². The van der Waals surface area contributed by atoms with Crippen molar-refractivity contribution in [3.8, 4) is 0 Å². The van der Waals surface area contributed by atoms with Crippen molar-refractivity contribution in [2.45, 2.75) is 48.8 Å². The van der Waals surface area contributed by atoms with Gasteiger partial charge in [0.15, 0.2) is 0 Å². The van der Waals surface area contributed by atoms with Crippen molar-refractivity contribution < 1.29 is 0 Å². The third-order valence-electron chi connectivity index (χ3n) is 3.25. The lowest BCUT2D eigenvalue weighted by Crippen LogP contribution is -2.08. The van der Waals surface area contributed by atoms with Crippen molar-refractivity contribution in [3.63, 3.8) is 0 Å². The summed E-state index contributed by atoms with van der Waals surface area (Å²) >= 11 is 5.71. The maximum atomic E-state index is 3.66. The van der Waals surface area contributed by atoms with Crippen LogP contribution in [0.1, 0.15) is 37.7 Å². The van der Waals surface area contributed by atoms with E-state index in [1.807, 2.05) is 7.05 Å². The lowest BCUT2D eigenvalue weighted by Gasteiger charge is -2.21. The van der Waals surface area contributed by atoms with Gasteiger partial charge in [0.1, 0.15) is 0 Å². The molecule has 0 unspecified atom stereocenters. The summed E-state index contributed by atoms with van der Waals surface area (Å²) in [4.78, 5) is 1.41. The van der Waals surface area contributed by atoms with E-state index in [9.17, 15) is 0 Å². The molecule has 3 heteroatoms. The van der Waals surface area contributed by atoms with Gasteiger partial charge in [-0.15, -0.1) is 11.8 Å². The van der Waals surface area contributed by atoms with Crippen molar-refractivity contribution in [1.29, 1.82) is 0 Å². The largest absolute Gasteiger partial charge is 0.316 e. The number of hydrogen-bond donors (Lipinski definition) is 1. The minimum atomic E-state index is 0.839. The molecule has 0 aliphatic heterocycles. The molecule has 2 rings (SSSR count). The molecule has 0 radical (unpaired) electrons. The molecule has 1 aliphatic carbocycles. The SMILES string of the molecule is CNCc1ccc(SC2CCCCC2)cc1Br. The van der Waals surface area contributed by atoms with E-state index >= 15 is 0 Å². The van der Waals surface area contributed by atoms with Gasteiger partial charge < -0.3 is 5.32 Å². The van der Waals surface area contributed by atoms with Crippen LogP contribution in [0.25, 0.3) is 0 Å². The molecule has 94 valence electrons. The predicted molar refractivity (Wildman–Crippen MR) is 79.6 cm³/mol. The Morgan fingerprint density at radius 1 is 1.29 bits per heavy atom. The third kappa shape index (κ3) is 4.01. The van der Waals surface area contributed by atoms with Crippen molar-refractivity contribution in [2.24, 2.45) is 0 Å². The van der Waals surface area contributed by atoms with Gasteiger partial charge in [0.2, 0.25) is 0 Å². The van der Waals surface area contributed by atoms with Crippen LogP contribution >= 0.6 is 27.7 Å². The molecule has 0 atom stereocenters. The molecule has 0 saturated heterocycles. The molecule has 1 fully saturated rings. The molecule has 0 spiro atoms. The van der Waals surface area contributed by atoms with E-state index in [1.54, 1.807) is 0 Å². The Morgan fingerprint density at radius 2 is 2.06 bits per heavy atom. The Hall–Kier alpha value is 0.01000. The summed E-state index contributed by atoms with van der Waals surface area (Å²) in [6.07, 6.45) is 7.04. The molecular formula is C14H20BrNS. The van der Waals surface area contributed by atoms with Crippen LogP contribution < -0.4 is 5.32 Å². The summed E-state index contributed by atoms with van der Waals surface area (Å²) in [5, 5.41) is 4.03. The fourth-order valence-electron chi connectivity index (χ4n) is 2.31. The number of nitrogens with one attached hydrogen (secondary N) is 1. The first-order chi connectivity index (χ1) is 8.29. The van der Waals surface area contributed by atoms with Crippen LogP contribution in [0.15, 0.2) is 27.6 Å². The summed E-state index contributed by atoms with van der Waals surface area (Å²) in [7, 11) is 1.98. The van der Waals surface area contributed by atoms with Gasteiger partial charge in [-0.2, -0.15) is 0 Å². The van der Waals surface area contributed by atoms with Crippen LogP contribution in [0.4, 0.5) is 0 Å². The predicted octanol–water partition coefficient (Wildman–Crippen LogP) is 4.59. The van der Waals surface area contributed by atoms with Crippen molar-refractivity contribution in [3.05, 3.63) is 28.2 Å². The first-order valence-corrected chi connectivity index (χ1v) is 8.06. The summed E-state index contributed by atoms with van der Waals surface area (Å²) in [5.41, 5.74) is 1.33. The van der Waals surface area contributed by atoms with Gasteiger partial charge in [-0.05, 0) is 37.6 Å². The van der Waals surface area contributed by atoms with Crippen LogP contribution in [0.2, 0.25) is 0 Å². The Morgan fingerprint density at radius 3 is 2.71 bits per heavy atom. The quantitative estimate of drug-likeness (QED) is 0.872. The van der Waals surface area contributed by atoms with Crippen LogP contribution in [-0.4, -0.2) is 12.3 Å². The molecule has 0 heterocycles. The van der Waals surface area contributed by atoms with Crippen molar-refractivity contribution in [1.82, 2.24) is 5.32 Å². The Kier molecular flexibility index (Phi) is 5.39. The van der Waals surface area contributed by atoms with Crippen LogP contribution in [0, 0.1) is 0 Å². The van der Waals surface area contributed by atoms with Gasteiger partial charge in [0, 0.05) is 21.2 Å². The molecule has 1 N–H and O–H groups in total. The molecule has 17 heavy (non-hydrogen) atoms. The molecule has 1 aromatic rings. The zero-order valence-electron chi connectivity index (χ0n) is 10.3. The highest BCUT2D eigenvalue weighted by molar-refractivity contribution is 9.10. The molecule has 0 amide bonds. The summed E-state index contributed by atoms with van der Waals surface area (Å²) in [5.74, 6) is 0. The smallest absolute Gasteiger partial charge is 0.0231 e. The second-order valence-electron chi connectivity index (χ2n) is 4.66. The lowest BCUT2D eigenvalue weighted by molar-refractivity contribution is 0.516. The van der Waals surface area contributed by atoms with Crippen molar-refractivity contribution in [2.75, 3.05) is 7.05 Å². The summed E-state index contributed by atoms with van der Waals surface area (Å²) in [6.45, 7) is 0.926. The number of benzene rings is 1. The van der Waals surface area contributed by atoms with E-state index in [4.69, 9.17) is 0 Å². The fourth-order valence-corrected chi connectivity index (χ4v) is 4.27. The first-order valence-electron chi connectivity index (χ1n) is 6.39. The highest BCUT2D eigenvalue weighted by Gasteiger charge is 2.14. The fraction of sp³-hybridized carbons (Fsp3) is 0.571. The first kappa shape index (κ1) is 13.4. The zero-order valence-corrected chi connectivity index (χ0v) is 12.7. The van der Waals surface area contributed by atoms with Gasteiger partial charge in [0.25, 0.3) is 0 Å².